The molecule has 1 aliphatic heterocycles. The topological polar surface area (TPSA) is 38.3 Å². The van der Waals surface area contributed by atoms with E-state index in [4.69, 9.17) is 4.74 Å². The first-order chi connectivity index (χ1) is 9.76. The summed E-state index contributed by atoms with van der Waals surface area (Å²) >= 11 is 1.69. The van der Waals surface area contributed by atoms with E-state index in [0.717, 1.165) is 43.1 Å². The van der Waals surface area contributed by atoms with Crippen LogP contribution in [0, 0.1) is 5.92 Å². The summed E-state index contributed by atoms with van der Waals surface area (Å²) in [4.78, 5) is 14.5. The third kappa shape index (κ3) is 3.07. The van der Waals surface area contributed by atoms with Crippen molar-refractivity contribution in [2.45, 2.75) is 51.6 Å². The average molecular weight is 293 g/mol. The van der Waals surface area contributed by atoms with Gasteiger partial charge in [0.25, 0.3) is 5.91 Å². The minimum atomic E-state index is 0.0768. The lowest BCUT2D eigenvalue weighted by Gasteiger charge is -2.19. The van der Waals surface area contributed by atoms with E-state index in [0.29, 0.717) is 6.54 Å². The van der Waals surface area contributed by atoms with E-state index in [9.17, 15) is 4.79 Å². The van der Waals surface area contributed by atoms with E-state index >= 15 is 0 Å². The molecule has 110 valence electrons. The maximum absolute atomic E-state index is 12.2. The van der Waals surface area contributed by atoms with Crippen LogP contribution in [0.25, 0.3) is 0 Å². The van der Waals surface area contributed by atoms with Gasteiger partial charge in [0.1, 0.15) is 0 Å². The normalized spacial score (nSPS) is 25.4. The van der Waals surface area contributed by atoms with Crippen molar-refractivity contribution in [2.24, 2.45) is 5.92 Å². The van der Waals surface area contributed by atoms with Gasteiger partial charge < -0.3 is 10.1 Å². The van der Waals surface area contributed by atoms with Crippen molar-refractivity contribution >= 4 is 17.2 Å². The molecule has 0 radical (unpaired) electrons. The van der Waals surface area contributed by atoms with Crippen LogP contribution in [-0.2, 0) is 17.6 Å². The van der Waals surface area contributed by atoms with Crippen LogP contribution in [0.4, 0.5) is 0 Å². The highest BCUT2D eigenvalue weighted by molar-refractivity contribution is 7.14. The van der Waals surface area contributed by atoms with E-state index in [-0.39, 0.29) is 12.0 Å². The van der Waals surface area contributed by atoms with Gasteiger partial charge in [-0.3, -0.25) is 4.79 Å². The quantitative estimate of drug-likeness (QED) is 0.926. The molecule has 2 atom stereocenters. The highest BCUT2D eigenvalue weighted by Gasteiger charge is 2.23. The zero-order valence-electron chi connectivity index (χ0n) is 12.1. The molecular formula is C16H23NO2S. The van der Waals surface area contributed by atoms with Crippen molar-refractivity contribution in [3.8, 4) is 0 Å². The molecule has 1 fully saturated rings. The maximum atomic E-state index is 12.2. The Balaban J connectivity index is 1.59. The first-order valence-corrected chi connectivity index (χ1v) is 8.59. The second-order valence-electron chi connectivity index (χ2n) is 5.92. The summed E-state index contributed by atoms with van der Waals surface area (Å²) < 4.78 is 5.54. The van der Waals surface area contributed by atoms with E-state index in [1.165, 1.54) is 23.3 Å². The number of thiophene rings is 1. The lowest BCUT2D eigenvalue weighted by molar-refractivity contribution is 0.0861. The van der Waals surface area contributed by atoms with Crippen molar-refractivity contribution in [3.63, 3.8) is 0 Å². The van der Waals surface area contributed by atoms with Gasteiger partial charge >= 0.3 is 0 Å². The second-order valence-corrected chi connectivity index (χ2v) is 7.06. The van der Waals surface area contributed by atoms with Crippen LogP contribution < -0.4 is 5.32 Å². The first kappa shape index (κ1) is 14.1. The Morgan fingerprint density at radius 2 is 2.40 bits per heavy atom. The molecule has 1 N–H and O–H groups in total. The molecule has 3 nitrogen and oxygen atoms in total. The number of ether oxygens (including phenoxy) is 1. The lowest BCUT2D eigenvalue weighted by atomic mass is 9.87. The molecule has 1 aromatic heterocycles. The Morgan fingerprint density at radius 3 is 3.15 bits per heavy atom. The minimum Gasteiger partial charge on any atom is -0.376 e. The van der Waals surface area contributed by atoms with E-state index in [1.54, 1.807) is 11.3 Å². The number of hydrogen-bond donors (Lipinski definition) is 1. The van der Waals surface area contributed by atoms with Gasteiger partial charge in [-0.25, -0.2) is 0 Å². The summed E-state index contributed by atoms with van der Waals surface area (Å²) in [6, 6.07) is 2.12. The van der Waals surface area contributed by atoms with Gasteiger partial charge in [-0.1, -0.05) is 13.3 Å². The summed E-state index contributed by atoms with van der Waals surface area (Å²) in [5.74, 6) is 0.882. The largest absolute Gasteiger partial charge is 0.376 e. The van der Waals surface area contributed by atoms with Crippen molar-refractivity contribution in [3.05, 3.63) is 21.4 Å². The summed E-state index contributed by atoms with van der Waals surface area (Å²) in [5.41, 5.74) is 1.41. The van der Waals surface area contributed by atoms with E-state index < -0.39 is 0 Å². The van der Waals surface area contributed by atoms with Gasteiger partial charge in [0, 0.05) is 18.0 Å². The third-order valence-electron chi connectivity index (χ3n) is 4.50. The molecule has 3 rings (SSSR count). The molecule has 1 aliphatic carbocycles. The first-order valence-electron chi connectivity index (χ1n) is 7.77. The van der Waals surface area contributed by atoms with E-state index in [1.807, 2.05) is 0 Å². The zero-order valence-corrected chi connectivity index (χ0v) is 12.9. The number of rotatable bonds is 4. The Kier molecular flexibility index (Phi) is 4.41. The number of carbonyl (C=O) groups excluding carboxylic acids is 1. The monoisotopic (exact) mass is 293 g/mol. The maximum Gasteiger partial charge on any atom is 0.261 e. The van der Waals surface area contributed by atoms with E-state index in [2.05, 4.69) is 18.3 Å². The number of nitrogens with one attached hydrogen (secondary N) is 1. The van der Waals surface area contributed by atoms with Crippen LogP contribution in [0.15, 0.2) is 6.07 Å². The van der Waals surface area contributed by atoms with Gasteiger partial charge in [0.2, 0.25) is 0 Å². The Labute approximate surface area is 124 Å². The molecule has 1 amide bonds. The van der Waals surface area contributed by atoms with Crippen LogP contribution in [-0.4, -0.2) is 25.2 Å². The number of carbonyl (C=O) groups is 1. The number of hydrogen-bond acceptors (Lipinski definition) is 3. The highest BCUT2D eigenvalue weighted by atomic mass is 32.1. The van der Waals surface area contributed by atoms with Gasteiger partial charge in [-0.2, -0.15) is 0 Å². The van der Waals surface area contributed by atoms with Crippen molar-refractivity contribution in [1.29, 1.82) is 0 Å². The molecule has 1 aromatic rings. The molecule has 20 heavy (non-hydrogen) atoms. The summed E-state index contributed by atoms with van der Waals surface area (Å²) in [7, 11) is 0. The summed E-state index contributed by atoms with van der Waals surface area (Å²) in [5, 5.41) is 3.02. The Hall–Kier alpha value is -0.870. The van der Waals surface area contributed by atoms with Crippen LogP contribution in [0.5, 0.6) is 0 Å². The van der Waals surface area contributed by atoms with Crippen LogP contribution in [0.2, 0.25) is 0 Å². The van der Waals surface area contributed by atoms with Gasteiger partial charge in [-0.05, 0) is 49.7 Å². The minimum absolute atomic E-state index is 0.0768. The fourth-order valence-electron chi connectivity index (χ4n) is 3.16. The third-order valence-corrected chi connectivity index (χ3v) is 5.74. The predicted octanol–water partition coefficient (Wildman–Crippen LogP) is 3.17. The fraction of sp³-hybridized carbons (Fsp3) is 0.688. The Morgan fingerprint density at radius 1 is 1.50 bits per heavy atom. The molecule has 0 bridgehead atoms. The molecule has 2 heterocycles. The molecular weight excluding hydrogens is 270 g/mol. The summed E-state index contributed by atoms with van der Waals surface area (Å²) in [6.45, 7) is 3.75. The fourth-order valence-corrected chi connectivity index (χ4v) is 4.28. The van der Waals surface area contributed by atoms with Gasteiger partial charge in [0.15, 0.2) is 0 Å². The molecule has 0 spiro atoms. The van der Waals surface area contributed by atoms with Gasteiger partial charge in [0.05, 0.1) is 11.0 Å². The lowest BCUT2D eigenvalue weighted by Crippen LogP contribution is -2.31. The second kappa shape index (κ2) is 6.27. The molecule has 1 saturated heterocycles. The molecule has 4 heteroatoms. The number of fused-ring (bicyclic) bond motifs is 1. The number of amides is 1. The van der Waals surface area contributed by atoms with Crippen LogP contribution >= 0.6 is 11.3 Å². The molecule has 0 aromatic carbocycles. The van der Waals surface area contributed by atoms with Crippen molar-refractivity contribution < 1.29 is 9.53 Å². The summed E-state index contributed by atoms with van der Waals surface area (Å²) in [6.07, 6.45) is 7.24. The van der Waals surface area contributed by atoms with Gasteiger partial charge in [-0.15, -0.1) is 11.3 Å². The number of aryl methyl sites for hydroxylation is 1. The zero-order chi connectivity index (χ0) is 13.9. The molecule has 2 aliphatic rings. The smallest absolute Gasteiger partial charge is 0.261 e. The van der Waals surface area contributed by atoms with Crippen LogP contribution in [0.3, 0.4) is 0 Å². The molecule has 0 unspecified atom stereocenters. The Bertz CT molecular complexity index is 477. The SMILES string of the molecule is CC[C@H]1CCc2sc(C(=O)NC[C@@H]3CCCO3)cc2C1. The average Bonchev–Trinajstić information content (AvgIpc) is 3.12. The van der Waals surface area contributed by atoms with Crippen molar-refractivity contribution in [1.82, 2.24) is 5.32 Å². The standard InChI is InChI=1S/C16H23NO2S/c1-2-11-5-6-14-12(8-11)9-15(20-14)16(18)17-10-13-4-3-7-19-13/h9,11,13H,2-8,10H2,1H3,(H,17,18)/t11-,13-/m0/s1. The highest BCUT2D eigenvalue weighted by Crippen LogP contribution is 2.33. The van der Waals surface area contributed by atoms with Crippen LogP contribution in [0.1, 0.15) is 52.7 Å². The predicted molar refractivity (Wildman–Crippen MR) is 81.4 cm³/mol. The molecule has 0 saturated carbocycles. The van der Waals surface area contributed by atoms with Crippen molar-refractivity contribution in [2.75, 3.05) is 13.2 Å².